The largest absolute Gasteiger partial charge is 0.207 e. The zero-order valence-electron chi connectivity index (χ0n) is 17.2. The number of hydrogen-bond donors (Lipinski definition) is 0. The highest BCUT2D eigenvalue weighted by atomic mass is 35.5. The predicted octanol–water partition coefficient (Wildman–Crippen LogP) is 8.58. The second-order valence-corrected chi connectivity index (χ2v) is 8.80. The van der Waals surface area contributed by atoms with Crippen molar-refractivity contribution < 1.29 is 13.2 Å². The summed E-state index contributed by atoms with van der Waals surface area (Å²) in [6.45, 7) is 2.18. The summed E-state index contributed by atoms with van der Waals surface area (Å²) >= 11 is 5.75. The number of benzene rings is 3. The minimum atomic E-state index is -0.727. The van der Waals surface area contributed by atoms with Gasteiger partial charge in [-0.1, -0.05) is 62.4 Å². The maximum absolute atomic E-state index is 14.3. The van der Waals surface area contributed by atoms with Crippen LogP contribution in [0.3, 0.4) is 0 Å². The van der Waals surface area contributed by atoms with Gasteiger partial charge in [0.15, 0.2) is 0 Å². The van der Waals surface area contributed by atoms with Crippen molar-refractivity contribution in [2.45, 2.75) is 57.8 Å². The molecule has 0 saturated carbocycles. The quantitative estimate of drug-likeness (QED) is 0.271. The molecule has 4 rings (SSSR count). The fourth-order valence-corrected chi connectivity index (χ4v) is 5.15. The zero-order valence-corrected chi connectivity index (χ0v) is 17.9. The van der Waals surface area contributed by atoms with E-state index < -0.39 is 16.7 Å². The van der Waals surface area contributed by atoms with Crippen molar-refractivity contribution in [3.8, 4) is 0 Å². The smallest absolute Gasteiger partial charge is 0.145 e. The van der Waals surface area contributed by atoms with Crippen LogP contribution in [0.25, 0.3) is 10.8 Å². The van der Waals surface area contributed by atoms with Crippen LogP contribution >= 0.6 is 11.6 Å². The van der Waals surface area contributed by atoms with Gasteiger partial charge >= 0.3 is 0 Å². The van der Waals surface area contributed by atoms with Gasteiger partial charge in [-0.2, -0.15) is 0 Å². The van der Waals surface area contributed by atoms with E-state index in [4.69, 9.17) is 11.6 Å². The third kappa shape index (κ3) is 4.09. The summed E-state index contributed by atoms with van der Waals surface area (Å²) in [5.41, 5.74) is 2.77. The van der Waals surface area contributed by atoms with E-state index in [0.29, 0.717) is 11.5 Å². The molecule has 2 atom stereocenters. The molecule has 1 aliphatic carbocycles. The molecule has 3 aromatic carbocycles. The Hall–Kier alpha value is -2.00. The molecule has 3 aromatic rings. The number of fused-ring (bicyclic) bond motifs is 3. The summed E-state index contributed by atoms with van der Waals surface area (Å²) in [6.07, 6.45) is 7.42. The lowest BCUT2D eigenvalue weighted by Crippen LogP contribution is -2.22. The van der Waals surface area contributed by atoms with Crippen molar-refractivity contribution in [3.63, 3.8) is 0 Å². The standard InChI is InChI=1S/C26H26ClF3/c1-2-3-4-5-6-17-9-11-20-21(12-8-16-7-10-19(28)15-22(16)20)25(17)18-13-23(29)26(27)24(30)14-18/h7-8,10,12-15,17,25H,2-6,9,11H2,1H3/t17-,25-/m1/s1. The van der Waals surface area contributed by atoms with E-state index in [0.717, 1.165) is 47.6 Å². The first-order valence-corrected chi connectivity index (χ1v) is 11.2. The molecule has 30 heavy (non-hydrogen) atoms. The fourth-order valence-electron chi connectivity index (χ4n) is 5.04. The van der Waals surface area contributed by atoms with Gasteiger partial charge in [0, 0.05) is 5.92 Å². The van der Waals surface area contributed by atoms with Crippen molar-refractivity contribution >= 4 is 22.4 Å². The molecule has 0 bridgehead atoms. The molecule has 4 heteroatoms. The zero-order chi connectivity index (χ0) is 21.3. The van der Waals surface area contributed by atoms with E-state index in [-0.39, 0.29) is 11.7 Å². The Morgan fingerprint density at radius 3 is 2.40 bits per heavy atom. The molecule has 0 aromatic heterocycles. The molecule has 0 spiro atoms. The lowest BCUT2D eigenvalue weighted by molar-refractivity contribution is 0.366. The highest BCUT2D eigenvalue weighted by Gasteiger charge is 2.32. The molecule has 0 radical (unpaired) electrons. The predicted molar refractivity (Wildman–Crippen MR) is 118 cm³/mol. The molecule has 0 nitrogen and oxygen atoms in total. The average molecular weight is 431 g/mol. The Kier molecular flexibility index (Phi) is 6.38. The third-order valence-corrected chi connectivity index (χ3v) is 6.86. The van der Waals surface area contributed by atoms with E-state index in [2.05, 4.69) is 13.0 Å². The molecule has 0 N–H and O–H groups in total. The van der Waals surface area contributed by atoms with E-state index in [1.165, 1.54) is 37.5 Å². The van der Waals surface area contributed by atoms with Crippen LogP contribution in [0.2, 0.25) is 5.02 Å². The second-order valence-electron chi connectivity index (χ2n) is 8.42. The number of halogens is 4. The molecule has 0 unspecified atom stereocenters. The summed E-state index contributed by atoms with van der Waals surface area (Å²) in [6, 6.07) is 11.6. The molecule has 0 aliphatic heterocycles. The SMILES string of the molecule is CCCCCC[C@@H]1CCc2c(ccc3ccc(F)cc23)[C@H]1c1cc(F)c(Cl)c(F)c1. The number of aryl methyl sites for hydroxylation is 1. The monoisotopic (exact) mass is 430 g/mol. The van der Waals surface area contributed by atoms with Crippen LogP contribution in [0, 0.1) is 23.4 Å². The van der Waals surface area contributed by atoms with E-state index in [1.54, 1.807) is 12.1 Å². The van der Waals surface area contributed by atoms with E-state index in [1.807, 2.05) is 6.07 Å². The van der Waals surface area contributed by atoms with Crippen LogP contribution in [0.15, 0.2) is 42.5 Å². The topological polar surface area (TPSA) is 0 Å². The highest BCUT2D eigenvalue weighted by Crippen LogP contribution is 2.46. The summed E-state index contributed by atoms with van der Waals surface area (Å²) in [4.78, 5) is 0. The number of rotatable bonds is 6. The molecule has 0 saturated heterocycles. The van der Waals surface area contributed by atoms with Crippen molar-refractivity contribution in [2.24, 2.45) is 5.92 Å². The molecular formula is C26H26ClF3. The summed E-state index contributed by atoms with van der Waals surface area (Å²) in [5, 5.41) is 1.43. The lowest BCUT2D eigenvalue weighted by Gasteiger charge is -2.35. The van der Waals surface area contributed by atoms with Crippen molar-refractivity contribution in [1.82, 2.24) is 0 Å². The first kappa shape index (κ1) is 21.2. The first-order valence-electron chi connectivity index (χ1n) is 10.8. The average Bonchev–Trinajstić information content (AvgIpc) is 2.74. The molecule has 0 heterocycles. The molecule has 0 amide bonds. The van der Waals surface area contributed by atoms with Gasteiger partial charge in [-0.05, 0) is 76.9 Å². The van der Waals surface area contributed by atoms with Gasteiger partial charge < -0.3 is 0 Å². The van der Waals surface area contributed by atoms with Gasteiger partial charge in [0.05, 0.1) is 0 Å². The summed E-state index contributed by atoms with van der Waals surface area (Å²) < 4.78 is 42.6. The van der Waals surface area contributed by atoms with Crippen LogP contribution in [0.5, 0.6) is 0 Å². The van der Waals surface area contributed by atoms with Crippen molar-refractivity contribution in [3.05, 3.63) is 81.6 Å². The highest BCUT2D eigenvalue weighted by molar-refractivity contribution is 6.30. The maximum Gasteiger partial charge on any atom is 0.145 e. The van der Waals surface area contributed by atoms with Crippen LogP contribution < -0.4 is 0 Å². The second kappa shape index (κ2) is 9.01. The fraction of sp³-hybridized carbons (Fsp3) is 0.385. The molecular weight excluding hydrogens is 405 g/mol. The van der Waals surface area contributed by atoms with Crippen LogP contribution in [-0.2, 0) is 6.42 Å². The summed E-state index contributed by atoms with van der Waals surface area (Å²) in [7, 11) is 0. The lowest BCUT2D eigenvalue weighted by atomic mass is 9.69. The van der Waals surface area contributed by atoms with E-state index in [9.17, 15) is 13.2 Å². The van der Waals surface area contributed by atoms with Gasteiger partial charge in [0.1, 0.15) is 22.5 Å². The first-order chi connectivity index (χ1) is 14.5. The van der Waals surface area contributed by atoms with Gasteiger partial charge in [-0.15, -0.1) is 0 Å². The molecule has 158 valence electrons. The molecule has 0 fully saturated rings. The maximum atomic E-state index is 14.3. The number of hydrogen-bond acceptors (Lipinski definition) is 0. The summed E-state index contributed by atoms with van der Waals surface area (Å²) in [5.74, 6) is -1.55. The van der Waals surface area contributed by atoms with Crippen LogP contribution in [0.1, 0.15) is 68.1 Å². The van der Waals surface area contributed by atoms with Crippen LogP contribution in [-0.4, -0.2) is 0 Å². The molecule has 1 aliphatic rings. The third-order valence-electron chi connectivity index (χ3n) is 6.50. The normalized spacial score (nSPS) is 18.6. The van der Waals surface area contributed by atoms with E-state index >= 15 is 0 Å². The Morgan fingerprint density at radius 1 is 0.933 bits per heavy atom. The Labute approximate surface area is 181 Å². The van der Waals surface area contributed by atoms with Crippen molar-refractivity contribution in [2.75, 3.05) is 0 Å². The Balaban J connectivity index is 1.81. The van der Waals surface area contributed by atoms with Gasteiger partial charge in [0.25, 0.3) is 0 Å². The minimum Gasteiger partial charge on any atom is -0.207 e. The minimum absolute atomic E-state index is 0.121. The Morgan fingerprint density at radius 2 is 1.67 bits per heavy atom. The van der Waals surface area contributed by atoms with Gasteiger partial charge in [-0.25, -0.2) is 13.2 Å². The van der Waals surface area contributed by atoms with Crippen LogP contribution in [0.4, 0.5) is 13.2 Å². The number of unbranched alkanes of at least 4 members (excludes halogenated alkanes) is 3. The van der Waals surface area contributed by atoms with Gasteiger partial charge in [0.2, 0.25) is 0 Å². The van der Waals surface area contributed by atoms with Crippen molar-refractivity contribution in [1.29, 1.82) is 0 Å². The van der Waals surface area contributed by atoms with Gasteiger partial charge in [-0.3, -0.25) is 0 Å². The Bertz CT molecular complexity index is 1040.